The Hall–Kier alpha value is -1.02. The van der Waals surface area contributed by atoms with Crippen LogP contribution < -0.4 is 5.32 Å². The van der Waals surface area contributed by atoms with Gasteiger partial charge in [-0.1, -0.05) is 18.6 Å². The highest BCUT2D eigenvalue weighted by molar-refractivity contribution is 5.27. The molecular weight excluding hydrogens is 222 g/mol. The van der Waals surface area contributed by atoms with Gasteiger partial charge in [-0.25, -0.2) is 0 Å². The molecule has 0 bridgehead atoms. The minimum atomic E-state index is 0.192. The second-order valence-corrected chi connectivity index (χ2v) is 6.80. The minimum Gasteiger partial charge on any atom is -0.508 e. The zero-order valence-corrected chi connectivity index (χ0v) is 11.8. The molecule has 1 saturated carbocycles. The number of phenolic OH excluding ortho intramolecular Hbond substituents is 1. The Balaban J connectivity index is 1.98. The molecule has 100 valence electrons. The van der Waals surface area contributed by atoms with E-state index in [0.29, 0.717) is 11.2 Å². The van der Waals surface area contributed by atoms with Gasteiger partial charge in [-0.3, -0.25) is 0 Å². The zero-order valence-electron chi connectivity index (χ0n) is 11.8. The lowest BCUT2D eigenvalue weighted by molar-refractivity contribution is 0.118. The maximum absolute atomic E-state index is 9.32. The van der Waals surface area contributed by atoms with Gasteiger partial charge in [0.1, 0.15) is 5.75 Å². The Morgan fingerprint density at radius 3 is 2.22 bits per heavy atom. The Bertz CT molecular complexity index is 385. The third-order valence-corrected chi connectivity index (χ3v) is 3.92. The molecule has 2 nitrogen and oxygen atoms in total. The molecule has 2 rings (SSSR count). The lowest BCUT2D eigenvalue weighted by Gasteiger charge is -2.44. The molecule has 1 aliphatic carbocycles. The summed E-state index contributed by atoms with van der Waals surface area (Å²) in [5.41, 5.74) is 1.96. The molecule has 0 heterocycles. The van der Waals surface area contributed by atoms with Crippen LogP contribution in [0.25, 0.3) is 0 Å². The summed E-state index contributed by atoms with van der Waals surface area (Å²) in [6, 6.07) is 7.68. The van der Waals surface area contributed by atoms with E-state index in [-0.39, 0.29) is 5.54 Å². The van der Waals surface area contributed by atoms with E-state index in [1.165, 1.54) is 24.8 Å². The van der Waals surface area contributed by atoms with E-state index in [1.54, 1.807) is 12.1 Å². The summed E-state index contributed by atoms with van der Waals surface area (Å²) in [5, 5.41) is 13.0. The van der Waals surface area contributed by atoms with Crippen molar-refractivity contribution >= 4 is 0 Å². The van der Waals surface area contributed by atoms with Crippen molar-refractivity contribution in [3.05, 3.63) is 29.8 Å². The monoisotopic (exact) mass is 247 g/mol. The highest BCUT2D eigenvalue weighted by Gasteiger charge is 2.37. The van der Waals surface area contributed by atoms with Gasteiger partial charge in [-0.15, -0.1) is 0 Å². The van der Waals surface area contributed by atoms with Crippen LogP contribution in [0.1, 0.15) is 45.6 Å². The molecule has 1 aromatic rings. The van der Waals surface area contributed by atoms with Crippen molar-refractivity contribution in [2.45, 2.75) is 52.0 Å². The number of hydrogen-bond acceptors (Lipinski definition) is 2. The normalized spacial score (nSPS) is 18.4. The van der Waals surface area contributed by atoms with Crippen LogP contribution in [0, 0.1) is 5.41 Å². The summed E-state index contributed by atoms with van der Waals surface area (Å²) in [6.07, 6.45) is 5.11. The topological polar surface area (TPSA) is 32.3 Å². The van der Waals surface area contributed by atoms with E-state index >= 15 is 0 Å². The molecule has 0 spiro atoms. The number of phenols is 1. The van der Waals surface area contributed by atoms with Crippen LogP contribution in [0.4, 0.5) is 0 Å². The van der Waals surface area contributed by atoms with Crippen molar-refractivity contribution in [2.24, 2.45) is 5.41 Å². The van der Waals surface area contributed by atoms with Crippen LogP contribution in [-0.4, -0.2) is 17.2 Å². The van der Waals surface area contributed by atoms with Gasteiger partial charge in [0, 0.05) is 12.1 Å². The van der Waals surface area contributed by atoms with E-state index < -0.39 is 0 Å². The van der Waals surface area contributed by atoms with Gasteiger partial charge in [0.2, 0.25) is 0 Å². The predicted molar refractivity (Wildman–Crippen MR) is 75.9 cm³/mol. The van der Waals surface area contributed by atoms with Crippen LogP contribution >= 0.6 is 0 Å². The van der Waals surface area contributed by atoms with E-state index in [9.17, 15) is 5.11 Å². The molecule has 0 amide bonds. The SMILES string of the molecule is CC(C)(C)NCC1(Cc2ccc(O)cc2)CCC1. The summed E-state index contributed by atoms with van der Waals surface area (Å²) >= 11 is 0. The van der Waals surface area contributed by atoms with Crippen molar-refractivity contribution in [2.75, 3.05) is 6.54 Å². The molecule has 0 aromatic heterocycles. The second-order valence-electron chi connectivity index (χ2n) is 6.80. The number of benzene rings is 1. The molecular formula is C16H25NO. The quantitative estimate of drug-likeness (QED) is 0.853. The average Bonchev–Trinajstić information content (AvgIpc) is 2.23. The first-order valence-corrected chi connectivity index (χ1v) is 6.92. The lowest BCUT2D eigenvalue weighted by atomic mass is 9.65. The molecule has 0 atom stereocenters. The minimum absolute atomic E-state index is 0.192. The molecule has 18 heavy (non-hydrogen) atoms. The second kappa shape index (κ2) is 4.93. The standard InChI is InChI=1S/C16H25NO/c1-15(2,3)17-12-16(9-4-10-16)11-13-5-7-14(18)8-6-13/h5-8,17-18H,4,9-12H2,1-3H3. The summed E-state index contributed by atoms with van der Waals surface area (Å²) in [7, 11) is 0. The number of aromatic hydroxyl groups is 1. The summed E-state index contributed by atoms with van der Waals surface area (Å²) in [6.45, 7) is 7.76. The van der Waals surface area contributed by atoms with E-state index in [0.717, 1.165) is 13.0 Å². The van der Waals surface area contributed by atoms with Crippen LogP contribution in [0.2, 0.25) is 0 Å². The van der Waals surface area contributed by atoms with Gasteiger partial charge >= 0.3 is 0 Å². The van der Waals surface area contributed by atoms with Gasteiger partial charge in [-0.2, -0.15) is 0 Å². The molecule has 0 aliphatic heterocycles. The molecule has 2 heteroatoms. The molecule has 0 radical (unpaired) electrons. The summed E-state index contributed by atoms with van der Waals surface area (Å²) < 4.78 is 0. The third-order valence-electron chi connectivity index (χ3n) is 3.92. The Morgan fingerprint density at radius 2 is 1.78 bits per heavy atom. The lowest BCUT2D eigenvalue weighted by Crippen LogP contribution is -2.47. The number of hydrogen-bond donors (Lipinski definition) is 2. The smallest absolute Gasteiger partial charge is 0.115 e. The zero-order chi connectivity index (χ0) is 13.2. The van der Waals surface area contributed by atoms with Crippen molar-refractivity contribution in [1.82, 2.24) is 5.32 Å². The first-order chi connectivity index (χ1) is 8.39. The van der Waals surface area contributed by atoms with Crippen molar-refractivity contribution in [1.29, 1.82) is 0 Å². The Labute approximate surface area is 110 Å². The van der Waals surface area contributed by atoms with Crippen LogP contribution in [0.15, 0.2) is 24.3 Å². The van der Waals surface area contributed by atoms with Gasteiger partial charge in [0.15, 0.2) is 0 Å². The average molecular weight is 247 g/mol. The molecule has 1 aliphatic rings. The molecule has 1 fully saturated rings. The van der Waals surface area contributed by atoms with Gasteiger partial charge in [-0.05, 0) is 63.1 Å². The maximum Gasteiger partial charge on any atom is 0.115 e. The van der Waals surface area contributed by atoms with Crippen LogP contribution in [-0.2, 0) is 6.42 Å². The first-order valence-electron chi connectivity index (χ1n) is 6.92. The fourth-order valence-corrected chi connectivity index (χ4v) is 2.59. The van der Waals surface area contributed by atoms with E-state index in [2.05, 4.69) is 26.1 Å². The number of nitrogens with one attached hydrogen (secondary N) is 1. The van der Waals surface area contributed by atoms with Gasteiger partial charge < -0.3 is 10.4 Å². The third kappa shape index (κ3) is 3.49. The first kappa shape index (κ1) is 13.4. The molecule has 0 unspecified atom stereocenters. The van der Waals surface area contributed by atoms with E-state index in [1.807, 2.05) is 12.1 Å². The summed E-state index contributed by atoms with van der Waals surface area (Å²) in [5.74, 6) is 0.356. The fraction of sp³-hybridized carbons (Fsp3) is 0.625. The van der Waals surface area contributed by atoms with Crippen LogP contribution in [0.3, 0.4) is 0 Å². The highest BCUT2D eigenvalue weighted by Crippen LogP contribution is 2.43. The van der Waals surface area contributed by atoms with Gasteiger partial charge in [0.25, 0.3) is 0 Å². The highest BCUT2D eigenvalue weighted by atomic mass is 16.3. The Morgan fingerprint density at radius 1 is 1.17 bits per heavy atom. The fourth-order valence-electron chi connectivity index (χ4n) is 2.59. The maximum atomic E-state index is 9.32. The Kier molecular flexibility index (Phi) is 3.67. The molecule has 1 aromatic carbocycles. The predicted octanol–water partition coefficient (Wildman–Crippen LogP) is 3.49. The number of rotatable bonds is 4. The van der Waals surface area contributed by atoms with Crippen molar-refractivity contribution < 1.29 is 5.11 Å². The van der Waals surface area contributed by atoms with Crippen molar-refractivity contribution in [3.63, 3.8) is 0 Å². The largest absolute Gasteiger partial charge is 0.508 e. The molecule has 2 N–H and O–H groups in total. The molecule has 0 saturated heterocycles. The summed E-state index contributed by atoms with van der Waals surface area (Å²) in [4.78, 5) is 0. The van der Waals surface area contributed by atoms with Crippen molar-refractivity contribution in [3.8, 4) is 5.75 Å². The van der Waals surface area contributed by atoms with E-state index in [4.69, 9.17) is 0 Å². The van der Waals surface area contributed by atoms with Gasteiger partial charge in [0.05, 0.1) is 0 Å². The van der Waals surface area contributed by atoms with Crippen LogP contribution in [0.5, 0.6) is 5.75 Å².